The van der Waals surface area contributed by atoms with Crippen LogP contribution in [0.5, 0.6) is 0 Å². The van der Waals surface area contributed by atoms with Crippen LogP contribution < -0.4 is 0 Å². The first-order valence-electron chi connectivity index (χ1n) is 4.89. The number of hydroxylamine groups is 2. The van der Waals surface area contributed by atoms with Crippen LogP contribution in [0.25, 0.3) is 0 Å². The van der Waals surface area contributed by atoms with Crippen molar-refractivity contribution in [1.29, 1.82) is 0 Å². The Morgan fingerprint density at radius 1 is 1.56 bits per heavy atom. The molecule has 18 heavy (non-hydrogen) atoms. The molecule has 10 heteroatoms. The van der Waals surface area contributed by atoms with Crippen molar-refractivity contribution in [3.63, 3.8) is 0 Å². The van der Waals surface area contributed by atoms with Gasteiger partial charge in [0.15, 0.2) is 0 Å². The Morgan fingerprint density at radius 3 is 2.67 bits per heavy atom. The quantitative estimate of drug-likeness (QED) is 0.372. The third kappa shape index (κ3) is 2.87. The van der Waals surface area contributed by atoms with E-state index in [0.717, 1.165) is 0 Å². The number of carbonyl (C=O) groups excluding carboxylic acids is 1. The van der Waals surface area contributed by atoms with Gasteiger partial charge in [-0.15, -0.1) is 4.28 Å². The maximum atomic E-state index is 11.8. The van der Waals surface area contributed by atoms with E-state index in [4.69, 9.17) is 9.66 Å². The molecule has 0 spiro atoms. The first kappa shape index (κ1) is 15.9. The van der Waals surface area contributed by atoms with Crippen LogP contribution in [0.15, 0.2) is 11.6 Å². The zero-order valence-corrected chi connectivity index (χ0v) is 9.79. The van der Waals surface area contributed by atoms with E-state index in [1.54, 1.807) is 13.0 Å². The Labute approximate surface area is 126 Å². The zero-order chi connectivity index (χ0) is 12.8. The predicted octanol–water partition coefficient (Wildman–Crippen LogP) is -1.50. The number of nitrogens with zero attached hydrogens (tertiary/aromatic N) is 2. The zero-order valence-electron chi connectivity index (χ0n) is 8.98. The van der Waals surface area contributed by atoms with Crippen molar-refractivity contribution in [2.75, 3.05) is 13.2 Å². The van der Waals surface area contributed by atoms with Gasteiger partial charge in [0.25, 0.3) is 0 Å². The van der Waals surface area contributed by atoms with E-state index >= 15 is 0 Å². The van der Waals surface area contributed by atoms with Crippen LogP contribution in [0.1, 0.15) is 6.92 Å². The molecule has 0 aromatic carbocycles. The fourth-order valence-corrected chi connectivity index (χ4v) is 2.42. The molecule has 0 unspecified atom stereocenters. The van der Waals surface area contributed by atoms with Crippen LogP contribution in [0.3, 0.4) is 0 Å². The maximum absolute atomic E-state index is 11.8. The number of aliphatic hydroxyl groups excluding tert-OH is 1. The first-order chi connectivity index (χ1) is 7.83. The second-order valence-electron chi connectivity index (χ2n) is 3.94. The molecule has 2 N–H and O–H groups in total. The van der Waals surface area contributed by atoms with Crippen LogP contribution in [0.4, 0.5) is 4.79 Å². The van der Waals surface area contributed by atoms with Crippen LogP contribution in [-0.4, -0.2) is 88.9 Å². The fraction of sp³-hybridized carbons (Fsp3) is 0.625. The van der Waals surface area contributed by atoms with Crippen LogP contribution in [-0.2, 0) is 14.7 Å². The second-order valence-corrected chi connectivity index (χ2v) is 4.94. The van der Waals surface area contributed by atoms with Gasteiger partial charge in [0, 0.05) is 0 Å². The van der Waals surface area contributed by atoms with Crippen LogP contribution >= 0.6 is 0 Å². The standard InChI is InChI=1S/C8H12N2O6S.Na.H/c1-5-2-6(4-11)9-3-7(5)10(8(9)12)16-17(13,14)15;;/h2,6-7,11H,3-4H2,1H3,(H,13,14,15);;/t6-,7-;;/m0../s1. The number of rotatable bonds is 3. The predicted molar refractivity (Wildman–Crippen MR) is 62.1 cm³/mol. The Hall–Kier alpha value is -0.160. The van der Waals surface area contributed by atoms with Crippen molar-refractivity contribution in [3.05, 3.63) is 11.6 Å². The van der Waals surface area contributed by atoms with Gasteiger partial charge in [0.2, 0.25) is 0 Å². The molecule has 2 bridgehead atoms. The van der Waals surface area contributed by atoms with Crippen molar-refractivity contribution < 1.29 is 27.2 Å². The summed E-state index contributed by atoms with van der Waals surface area (Å²) < 4.78 is 34.1. The molecule has 2 atom stereocenters. The number of fused-ring (bicyclic) bond motifs is 2. The van der Waals surface area contributed by atoms with E-state index in [1.165, 1.54) is 4.90 Å². The Balaban J connectivity index is 0.00000162. The molecule has 8 nitrogen and oxygen atoms in total. The molecular formula is C8H13N2NaO6S. The van der Waals surface area contributed by atoms with Gasteiger partial charge in [-0.25, -0.2) is 4.79 Å². The summed E-state index contributed by atoms with van der Waals surface area (Å²) in [7, 11) is -4.74. The average molecular weight is 288 g/mol. The fourth-order valence-electron chi connectivity index (χ4n) is 2.05. The van der Waals surface area contributed by atoms with Gasteiger partial charge in [-0.05, 0) is 12.5 Å². The molecular weight excluding hydrogens is 275 g/mol. The molecule has 98 valence electrons. The number of aliphatic hydroxyl groups is 1. The normalized spacial score (nSPS) is 27.1. The average Bonchev–Trinajstić information content (AvgIpc) is 2.48. The molecule has 2 aliphatic heterocycles. The molecule has 2 rings (SSSR count). The van der Waals surface area contributed by atoms with Gasteiger partial charge in [0.1, 0.15) is 6.04 Å². The van der Waals surface area contributed by atoms with Crippen LogP contribution in [0.2, 0.25) is 0 Å². The molecule has 0 radical (unpaired) electrons. The number of carbonyl (C=O) groups is 1. The van der Waals surface area contributed by atoms with Crippen molar-refractivity contribution in [2.24, 2.45) is 0 Å². The van der Waals surface area contributed by atoms with Gasteiger partial charge >= 0.3 is 46.0 Å². The number of hydrogen-bond donors (Lipinski definition) is 2. The van der Waals surface area contributed by atoms with Crippen LogP contribution in [0, 0.1) is 0 Å². The van der Waals surface area contributed by atoms with Gasteiger partial charge in [0.05, 0.1) is 19.2 Å². The minimum absolute atomic E-state index is 0. The minimum atomic E-state index is -4.74. The van der Waals surface area contributed by atoms with Crippen molar-refractivity contribution >= 4 is 46.0 Å². The van der Waals surface area contributed by atoms with E-state index in [2.05, 4.69) is 4.28 Å². The molecule has 1 fully saturated rings. The monoisotopic (exact) mass is 288 g/mol. The summed E-state index contributed by atoms with van der Waals surface area (Å²) in [5.41, 5.74) is 0.704. The molecule has 2 heterocycles. The first-order valence-corrected chi connectivity index (χ1v) is 6.26. The molecule has 1 saturated heterocycles. The molecule has 0 aromatic heterocycles. The van der Waals surface area contributed by atoms with E-state index in [-0.39, 0.29) is 42.7 Å². The Morgan fingerprint density at radius 2 is 2.17 bits per heavy atom. The number of hydrogen-bond acceptors (Lipinski definition) is 5. The SMILES string of the molecule is CC1=C[C@@H](CO)N2C[C@@H]1N(OS(=O)(=O)O)C2=O.[NaH]. The number of amides is 2. The Kier molecular flexibility index (Phi) is 4.81. The van der Waals surface area contributed by atoms with E-state index in [0.29, 0.717) is 10.6 Å². The summed E-state index contributed by atoms with van der Waals surface area (Å²) in [6, 6.07) is -1.75. The second kappa shape index (κ2) is 5.45. The van der Waals surface area contributed by atoms with Crippen molar-refractivity contribution in [1.82, 2.24) is 9.96 Å². The van der Waals surface area contributed by atoms with Crippen molar-refractivity contribution in [3.8, 4) is 0 Å². The van der Waals surface area contributed by atoms with Gasteiger partial charge in [-0.2, -0.15) is 13.5 Å². The summed E-state index contributed by atoms with van der Waals surface area (Å²) >= 11 is 0. The van der Waals surface area contributed by atoms with Gasteiger partial charge in [-0.1, -0.05) is 6.08 Å². The third-order valence-corrected chi connectivity index (χ3v) is 3.18. The molecule has 0 saturated carbocycles. The van der Waals surface area contributed by atoms with E-state index < -0.39 is 28.5 Å². The molecule has 2 amide bonds. The molecule has 2 aliphatic rings. The third-order valence-electron chi connectivity index (χ3n) is 2.83. The van der Waals surface area contributed by atoms with Gasteiger partial charge < -0.3 is 10.0 Å². The van der Waals surface area contributed by atoms with Crippen molar-refractivity contribution in [2.45, 2.75) is 19.0 Å². The summed E-state index contributed by atoms with van der Waals surface area (Å²) in [6.45, 7) is 1.67. The summed E-state index contributed by atoms with van der Waals surface area (Å²) in [6.07, 6.45) is 1.67. The van der Waals surface area contributed by atoms with E-state index in [1.807, 2.05) is 0 Å². The summed E-state index contributed by atoms with van der Waals surface area (Å²) in [5.74, 6) is 0. The molecule has 0 aliphatic carbocycles. The van der Waals surface area contributed by atoms with E-state index in [9.17, 15) is 13.2 Å². The molecule has 0 aromatic rings. The number of urea groups is 1. The summed E-state index contributed by atoms with van der Waals surface area (Å²) in [5, 5.41) is 9.71. The Bertz CT molecular complexity index is 478. The topological polar surface area (TPSA) is 107 Å². The van der Waals surface area contributed by atoms with Gasteiger partial charge in [-0.3, -0.25) is 4.55 Å². The summed E-state index contributed by atoms with van der Waals surface area (Å²) in [4.78, 5) is 13.1.